The molecule has 0 saturated heterocycles. The third kappa shape index (κ3) is 4.53. The van der Waals surface area contributed by atoms with Crippen molar-refractivity contribution in [1.82, 2.24) is 10.2 Å². The van der Waals surface area contributed by atoms with E-state index in [0.717, 1.165) is 58.7 Å². The second-order valence-electron chi connectivity index (χ2n) is 8.75. The second-order valence-corrected chi connectivity index (χ2v) is 9.19. The highest BCUT2D eigenvalue weighted by atomic mass is 35.5. The standard InChI is InChI=1S/C29H21ClFN3O2/c1-32-25-16-21(30)11-12-22(25)28(18-3-2-4-18)27(19-8-5-17(6-9-19)7-14-26(35)36)20-10-13-24-23(15-20)29(31)34-33-24/h5-16,18H,2-4H2,(H,33,34)(H,35,36)/b14-7+,28-27+. The lowest BCUT2D eigenvalue weighted by molar-refractivity contribution is -0.131. The predicted molar refractivity (Wildman–Crippen MR) is 140 cm³/mol. The van der Waals surface area contributed by atoms with E-state index in [9.17, 15) is 9.18 Å². The van der Waals surface area contributed by atoms with Gasteiger partial charge >= 0.3 is 5.97 Å². The zero-order chi connectivity index (χ0) is 25.2. The molecule has 36 heavy (non-hydrogen) atoms. The molecule has 178 valence electrons. The van der Waals surface area contributed by atoms with Crippen molar-refractivity contribution in [3.63, 3.8) is 0 Å². The van der Waals surface area contributed by atoms with Gasteiger partial charge in [-0.3, -0.25) is 5.10 Å². The van der Waals surface area contributed by atoms with Crippen molar-refractivity contribution >= 4 is 51.4 Å². The second kappa shape index (κ2) is 9.80. The molecule has 0 unspecified atom stereocenters. The van der Waals surface area contributed by atoms with Crippen LogP contribution in [0.4, 0.5) is 10.1 Å². The first-order chi connectivity index (χ1) is 17.4. The van der Waals surface area contributed by atoms with Crippen LogP contribution in [0.5, 0.6) is 0 Å². The third-order valence-electron chi connectivity index (χ3n) is 6.57. The Morgan fingerprint density at radius 3 is 2.53 bits per heavy atom. The normalized spacial score (nSPS) is 14.5. The van der Waals surface area contributed by atoms with E-state index in [-0.39, 0.29) is 5.92 Å². The number of aliphatic carboxylic acids is 1. The van der Waals surface area contributed by atoms with Crippen molar-refractivity contribution in [1.29, 1.82) is 0 Å². The average molecular weight is 498 g/mol. The number of rotatable bonds is 6. The van der Waals surface area contributed by atoms with Crippen LogP contribution in [-0.4, -0.2) is 21.3 Å². The highest BCUT2D eigenvalue weighted by Gasteiger charge is 2.29. The van der Waals surface area contributed by atoms with Gasteiger partial charge in [0.05, 0.1) is 17.5 Å². The smallest absolute Gasteiger partial charge is 0.328 e. The van der Waals surface area contributed by atoms with E-state index in [2.05, 4.69) is 15.0 Å². The lowest BCUT2D eigenvalue weighted by Crippen LogP contribution is -2.15. The molecule has 0 atom stereocenters. The molecule has 1 aliphatic rings. The summed E-state index contributed by atoms with van der Waals surface area (Å²) >= 11 is 6.22. The lowest BCUT2D eigenvalue weighted by Gasteiger charge is -2.32. The third-order valence-corrected chi connectivity index (χ3v) is 6.80. The number of hydrogen-bond donors (Lipinski definition) is 2. The Kier molecular flexibility index (Phi) is 6.41. The molecule has 5 nitrogen and oxygen atoms in total. The van der Waals surface area contributed by atoms with E-state index in [1.807, 2.05) is 36.4 Å². The number of allylic oxidation sites excluding steroid dienone is 1. The van der Waals surface area contributed by atoms with Crippen molar-refractivity contribution < 1.29 is 14.3 Å². The first kappa shape index (κ1) is 23.5. The number of H-pyrrole nitrogens is 1. The van der Waals surface area contributed by atoms with Gasteiger partial charge < -0.3 is 5.11 Å². The number of nitrogens with one attached hydrogen (secondary N) is 1. The molecule has 0 bridgehead atoms. The van der Waals surface area contributed by atoms with Gasteiger partial charge in [0.2, 0.25) is 5.95 Å². The van der Waals surface area contributed by atoms with Gasteiger partial charge in [0.15, 0.2) is 5.69 Å². The minimum absolute atomic E-state index is 0.234. The quantitative estimate of drug-likeness (QED) is 0.162. The van der Waals surface area contributed by atoms with Crippen molar-refractivity contribution in [2.45, 2.75) is 19.3 Å². The summed E-state index contributed by atoms with van der Waals surface area (Å²) in [7, 11) is 0. The van der Waals surface area contributed by atoms with Crippen molar-refractivity contribution in [2.75, 3.05) is 0 Å². The Labute approximate surface area is 212 Å². The molecular weight excluding hydrogens is 477 g/mol. The van der Waals surface area contributed by atoms with Gasteiger partial charge in [0.25, 0.3) is 0 Å². The van der Waals surface area contributed by atoms with Gasteiger partial charge in [-0.1, -0.05) is 54.4 Å². The molecule has 1 aromatic heterocycles. The highest BCUT2D eigenvalue weighted by molar-refractivity contribution is 6.31. The molecule has 0 radical (unpaired) electrons. The fourth-order valence-electron chi connectivity index (χ4n) is 4.62. The van der Waals surface area contributed by atoms with Crippen LogP contribution >= 0.6 is 11.6 Å². The predicted octanol–water partition coefficient (Wildman–Crippen LogP) is 7.76. The van der Waals surface area contributed by atoms with Crippen LogP contribution < -0.4 is 0 Å². The summed E-state index contributed by atoms with van der Waals surface area (Å²) in [4.78, 5) is 14.7. The van der Waals surface area contributed by atoms with E-state index >= 15 is 0 Å². The summed E-state index contributed by atoms with van der Waals surface area (Å²) in [5, 5.41) is 16.3. The van der Waals surface area contributed by atoms with Crippen LogP contribution in [0, 0.1) is 18.4 Å². The maximum absolute atomic E-state index is 14.5. The summed E-state index contributed by atoms with van der Waals surface area (Å²) in [5.74, 6) is -1.28. The number of aromatic amines is 1. The molecule has 4 aromatic rings. The molecule has 1 heterocycles. The number of carboxylic acid groups (broad SMARTS) is 1. The number of carbonyl (C=O) groups is 1. The summed E-state index contributed by atoms with van der Waals surface area (Å²) in [6, 6.07) is 18.4. The minimum Gasteiger partial charge on any atom is -0.478 e. The van der Waals surface area contributed by atoms with Gasteiger partial charge in [0, 0.05) is 11.1 Å². The largest absolute Gasteiger partial charge is 0.478 e. The maximum atomic E-state index is 14.5. The molecule has 5 rings (SSSR count). The Bertz CT molecular complexity index is 1570. The number of fused-ring (bicyclic) bond motifs is 1. The number of hydrogen-bond acceptors (Lipinski definition) is 2. The summed E-state index contributed by atoms with van der Waals surface area (Å²) < 4.78 is 14.5. The molecule has 1 saturated carbocycles. The zero-order valence-corrected chi connectivity index (χ0v) is 19.9. The van der Waals surface area contributed by atoms with Gasteiger partial charge in [0.1, 0.15) is 0 Å². The maximum Gasteiger partial charge on any atom is 0.328 e. The topological polar surface area (TPSA) is 70.3 Å². The molecule has 0 spiro atoms. The molecule has 1 fully saturated rings. The van der Waals surface area contributed by atoms with Crippen LogP contribution in [0.25, 0.3) is 33.0 Å². The molecule has 1 aliphatic carbocycles. The monoisotopic (exact) mass is 497 g/mol. The van der Waals surface area contributed by atoms with Crippen molar-refractivity contribution in [3.8, 4) is 0 Å². The van der Waals surface area contributed by atoms with Crippen LogP contribution in [-0.2, 0) is 4.79 Å². The van der Waals surface area contributed by atoms with Crippen molar-refractivity contribution in [3.05, 3.63) is 111 Å². The number of aromatic nitrogens is 2. The number of halogens is 2. The SMILES string of the molecule is [C-]#[N+]c1cc(Cl)ccc1/C(=C(\c1ccc(/C=C/C(=O)O)cc1)c1ccc2n[nH]c(F)c2c1)C1CCC1. The fourth-order valence-corrected chi connectivity index (χ4v) is 4.79. The molecule has 2 N–H and O–H groups in total. The number of benzene rings is 3. The van der Waals surface area contributed by atoms with Crippen LogP contribution in [0.15, 0.2) is 66.7 Å². The first-order valence-electron chi connectivity index (χ1n) is 11.5. The number of carboxylic acids is 1. The molecule has 0 aliphatic heterocycles. The first-order valence-corrected chi connectivity index (χ1v) is 11.9. The summed E-state index contributed by atoms with van der Waals surface area (Å²) in [6.07, 6.45) is 5.69. The summed E-state index contributed by atoms with van der Waals surface area (Å²) in [6.45, 7) is 7.79. The van der Waals surface area contributed by atoms with E-state index in [1.165, 1.54) is 6.08 Å². The minimum atomic E-state index is -1.02. The Morgan fingerprint density at radius 2 is 1.86 bits per heavy atom. The van der Waals surface area contributed by atoms with Gasteiger partial charge in [-0.05, 0) is 82.5 Å². The molecular formula is C29H21ClFN3O2. The van der Waals surface area contributed by atoms with Crippen LogP contribution in [0.1, 0.15) is 41.5 Å². The zero-order valence-electron chi connectivity index (χ0n) is 19.1. The van der Waals surface area contributed by atoms with Gasteiger partial charge in [-0.2, -0.15) is 9.49 Å². The molecule has 0 amide bonds. The van der Waals surface area contributed by atoms with Crippen LogP contribution in [0.2, 0.25) is 5.02 Å². The Balaban J connectivity index is 1.79. The fraction of sp³-hybridized carbons (Fsp3) is 0.138. The summed E-state index contributed by atoms with van der Waals surface area (Å²) in [5.41, 5.74) is 6.20. The Hall–Kier alpha value is -4.21. The van der Waals surface area contributed by atoms with E-state index in [4.69, 9.17) is 23.3 Å². The molecule has 3 aromatic carbocycles. The van der Waals surface area contributed by atoms with E-state index in [1.54, 1.807) is 24.3 Å². The molecule has 7 heteroatoms. The van der Waals surface area contributed by atoms with E-state index < -0.39 is 11.9 Å². The number of nitrogens with zero attached hydrogens (tertiary/aromatic N) is 2. The van der Waals surface area contributed by atoms with Crippen LogP contribution in [0.3, 0.4) is 0 Å². The Morgan fingerprint density at radius 1 is 1.11 bits per heavy atom. The van der Waals surface area contributed by atoms with Gasteiger partial charge in [-0.15, -0.1) is 0 Å². The van der Waals surface area contributed by atoms with Crippen molar-refractivity contribution in [2.24, 2.45) is 5.92 Å². The average Bonchev–Trinajstić information content (AvgIpc) is 3.22. The van der Waals surface area contributed by atoms with Gasteiger partial charge in [-0.25, -0.2) is 9.64 Å². The highest BCUT2D eigenvalue weighted by Crippen LogP contribution is 2.48. The lowest BCUT2D eigenvalue weighted by atomic mass is 9.72. The van der Waals surface area contributed by atoms with E-state index in [0.29, 0.717) is 21.6 Å².